The number of amides is 1. The Labute approximate surface area is 129 Å². The van der Waals surface area contributed by atoms with Crippen molar-refractivity contribution in [1.29, 1.82) is 0 Å². The van der Waals surface area contributed by atoms with Gasteiger partial charge < -0.3 is 9.73 Å². The van der Waals surface area contributed by atoms with Gasteiger partial charge in [-0.05, 0) is 18.6 Å². The van der Waals surface area contributed by atoms with Gasteiger partial charge in [0, 0.05) is 0 Å². The lowest BCUT2D eigenvalue weighted by Crippen LogP contribution is -2.30. The Morgan fingerprint density at radius 1 is 1.32 bits per heavy atom. The summed E-state index contributed by atoms with van der Waals surface area (Å²) in [5, 5.41) is 12.4. The molecule has 0 aliphatic carbocycles. The molecule has 3 rings (SSSR count). The molecule has 0 spiro atoms. The van der Waals surface area contributed by atoms with E-state index in [4.69, 9.17) is 4.42 Å². The molecule has 0 atom stereocenters. The van der Waals surface area contributed by atoms with Gasteiger partial charge in [0.2, 0.25) is 5.91 Å². The Morgan fingerprint density at radius 2 is 2.09 bits per heavy atom. The van der Waals surface area contributed by atoms with Crippen molar-refractivity contribution in [3.05, 3.63) is 44.8 Å². The first-order valence-electron chi connectivity index (χ1n) is 6.83. The summed E-state index contributed by atoms with van der Waals surface area (Å²) < 4.78 is 6.40. The summed E-state index contributed by atoms with van der Waals surface area (Å²) in [5.74, 6) is -0.817. The summed E-state index contributed by atoms with van der Waals surface area (Å²) in [6.07, 6.45) is 0.821. The maximum Gasteiger partial charge on any atom is 0.420 e. The van der Waals surface area contributed by atoms with Crippen LogP contribution >= 0.6 is 11.3 Å². The van der Waals surface area contributed by atoms with Crippen LogP contribution in [0.25, 0.3) is 11.1 Å². The van der Waals surface area contributed by atoms with Gasteiger partial charge in [-0.25, -0.2) is 4.79 Å². The van der Waals surface area contributed by atoms with Crippen LogP contribution in [-0.4, -0.2) is 20.7 Å². The van der Waals surface area contributed by atoms with Gasteiger partial charge in [-0.3, -0.25) is 9.36 Å². The summed E-state index contributed by atoms with van der Waals surface area (Å²) in [5.41, 5.74) is 1.07. The second kappa shape index (κ2) is 6.10. The van der Waals surface area contributed by atoms with Crippen molar-refractivity contribution >= 4 is 28.3 Å². The summed E-state index contributed by atoms with van der Waals surface area (Å²) in [6.45, 7) is 2.22. The van der Waals surface area contributed by atoms with E-state index in [1.54, 1.807) is 24.3 Å². The van der Waals surface area contributed by atoms with E-state index in [2.05, 4.69) is 15.5 Å². The number of rotatable bonds is 5. The molecule has 0 radical (unpaired) electrons. The number of nitrogens with one attached hydrogen (secondary N) is 1. The van der Waals surface area contributed by atoms with Crippen molar-refractivity contribution in [1.82, 2.24) is 20.1 Å². The molecule has 1 amide bonds. The van der Waals surface area contributed by atoms with Crippen molar-refractivity contribution in [2.75, 3.05) is 0 Å². The van der Waals surface area contributed by atoms with Gasteiger partial charge in [0.1, 0.15) is 16.6 Å². The number of benzene rings is 1. The summed E-state index contributed by atoms with van der Waals surface area (Å²) in [7, 11) is 0. The third kappa shape index (κ3) is 2.91. The average molecular weight is 318 g/mol. The molecule has 0 bridgehead atoms. The normalized spacial score (nSPS) is 11.0. The molecule has 1 N–H and O–H groups in total. The van der Waals surface area contributed by atoms with Crippen LogP contribution in [0.3, 0.4) is 0 Å². The van der Waals surface area contributed by atoms with Crippen LogP contribution < -0.4 is 11.1 Å². The SMILES string of the molecule is CCc1nnc(CNC(=O)Cn2c(=O)oc3ccccc32)s1. The Balaban J connectivity index is 1.68. The van der Waals surface area contributed by atoms with Crippen LogP contribution in [0.2, 0.25) is 0 Å². The smallest absolute Gasteiger partial charge is 0.408 e. The quantitative estimate of drug-likeness (QED) is 0.766. The minimum absolute atomic E-state index is 0.0880. The molecule has 0 unspecified atom stereocenters. The monoisotopic (exact) mass is 318 g/mol. The molecule has 1 aromatic carbocycles. The number of para-hydroxylation sites is 2. The van der Waals surface area contributed by atoms with E-state index in [1.807, 2.05) is 6.92 Å². The lowest BCUT2D eigenvalue weighted by atomic mass is 10.3. The summed E-state index contributed by atoms with van der Waals surface area (Å²) in [4.78, 5) is 23.8. The largest absolute Gasteiger partial charge is 0.420 e. The molecule has 0 saturated carbocycles. The zero-order valence-electron chi connectivity index (χ0n) is 11.9. The highest BCUT2D eigenvalue weighted by Crippen LogP contribution is 2.12. The molecule has 2 heterocycles. The molecular formula is C14H14N4O3S. The van der Waals surface area contributed by atoms with Gasteiger partial charge in [0.15, 0.2) is 5.58 Å². The highest BCUT2D eigenvalue weighted by molar-refractivity contribution is 7.11. The fourth-order valence-electron chi connectivity index (χ4n) is 2.04. The summed E-state index contributed by atoms with van der Waals surface area (Å²) in [6, 6.07) is 7.00. The van der Waals surface area contributed by atoms with Crippen molar-refractivity contribution < 1.29 is 9.21 Å². The number of carbonyl (C=O) groups excluding carboxylic acids is 1. The number of aryl methyl sites for hydroxylation is 1. The highest BCUT2D eigenvalue weighted by Gasteiger charge is 2.12. The van der Waals surface area contributed by atoms with E-state index in [1.165, 1.54) is 15.9 Å². The van der Waals surface area contributed by atoms with Crippen LogP contribution in [-0.2, 0) is 24.3 Å². The first-order valence-corrected chi connectivity index (χ1v) is 7.65. The Hall–Kier alpha value is -2.48. The Morgan fingerprint density at radius 3 is 2.86 bits per heavy atom. The minimum Gasteiger partial charge on any atom is -0.408 e. The number of fused-ring (bicyclic) bond motifs is 1. The van der Waals surface area contributed by atoms with Gasteiger partial charge in [-0.15, -0.1) is 10.2 Å². The van der Waals surface area contributed by atoms with E-state index in [0.29, 0.717) is 17.6 Å². The standard InChI is InChI=1S/C14H14N4O3S/c1-2-12-16-17-13(22-12)7-15-11(19)8-18-9-5-3-4-6-10(9)21-14(18)20/h3-6H,2,7-8H2,1H3,(H,15,19). The molecule has 0 fully saturated rings. The van der Waals surface area contributed by atoms with Crippen molar-refractivity contribution in [3.8, 4) is 0 Å². The number of oxazole rings is 1. The fraction of sp³-hybridized carbons (Fsp3) is 0.286. The molecule has 22 heavy (non-hydrogen) atoms. The van der Waals surface area contributed by atoms with Crippen LogP contribution in [0.15, 0.2) is 33.5 Å². The predicted octanol–water partition coefficient (Wildman–Crippen LogP) is 1.32. The van der Waals surface area contributed by atoms with Gasteiger partial charge in [-0.2, -0.15) is 0 Å². The van der Waals surface area contributed by atoms with E-state index in [9.17, 15) is 9.59 Å². The number of aromatic nitrogens is 3. The van der Waals surface area contributed by atoms with E-state index in [0.717, 1.165) is 16.4 Å². The van der Waals surface area contributed by atoms with Gasteiger partial charge in [0.05, 0.1) is 12.1 Å². The number of carbonyl (C=O) groups is 1. The zero-order chi connectivity index (χ0) is 15.5. The molecule has 8 heteroatoms. The number of nitrogens with zero attached hydrogens (tertiary/aromatic N) is 3. The van der Waals surface area contributed by atoms with Gasteiger partial charge in [0.25, 0.3) is 0 Å². The molecule has 0 saturated heterocycles. The third-order valence-electron chi connectivity index (χ3n) is 3.12. The van der Waals surface area contributed by atoms with E-state index >= 15 is 0 Å². The summed E-state index contributed by atoms with van der Waals surface area (Å²) >= 11 is 1.46. The van der Waals surface area contributed by atoms with E-state index in [-0.39, 0.29) is 12.5 Å². The minimum atomic E-state index is -0.541. The molecule has 7 nitrogen and oxygen atoms in total. The number of hydrogen-bond acceptors (Lipinski definition) is 6. The van der Waals surface area contributed by atoms with Crippen molar-refractivity contribution in [3.63, 3.8) is 0 Å². The van der Waals surface area contributed by atoms with Crippen molar-refractivity contribution in [2.24, 2.45) is 0 Å². The Kier molecular flexibility index (Phi) is 4.01. The van der Waals surface area contributed by atoms with Gasteiger partial charge >= 0.3 is 5.76 Å². The fourth-order valence-corrected chi connectivity index (χ4v) is 2.76. The molecule has 114 valence electrons. The van der Waals surface area contributed by atoms with Crippen LogP contribution in [0.4, 0.5) is 0 Å². The topological polar surface area (TPSA) is 90.0 Å². The average Bonchev–Trinajstić information content (AvgIpc) is 3.10. The van der Waals surface area contributed by atoms with Crippen molar-refractivity contribution in [2.45, 2.75) is 26.4 Å². The first kappa shape index (κ1) is 14.5. The number of hydrogen-bond donors (Lipinski definition) is 1. The van der Waals surface area contributed by atoms with Crippen LogP contribution in [0.1, 0.15) is 16.9 Å². The van der Waals surface area contributed by atoms with E-state index < -0.39 is 5.76 Å². The van der Waals surface area contributed by atoms with Crippen LogP contribution in [0, 0.1) is 0 Å². The second-order valence-corrected chi connectivity index (χ2v) is 5.79. The second-order valence-electron chi connectivity index (χ2n) is 4.64. The zero-order valence-corrected chi connectivity index (χ0v) is 12.7. The van der Waals surface area contributed by atoms with Crippen LogP contribution in [0.5, 0.6) is 0 Å². The third-order valence-corrected chi connectivity index (χ3v) is 4.19. The maximum absolute atomic E-state index is 12.0. The Bertz CT molecular complexity index is 864. The van der Waals surface area contributed by atoms with Gasteiger partial charge in [-0.1, -0.05) is 30.4 Å². The first-order chi connectivity index (χ1) is 10.7. The lowest BCUT2D eigenvalue weighted by Gasteiger charge is -2.03. The highest BCUT2D eigenvalue weighted by atomic mass is 32.1. The lowest BCUT2D eigenvalue weighted by molar-refractivity contribution is -0.121. The molecule has 3 aromatic rings. The molecule has 2 aromatic heterocycles. The molecule has 0 aliphatic rings. The molecular weight excluding hydrogens is 304 g/mol. The maximum atomic E-state index is 12.0. The molecule has 0 aliphatic heterocycles. The predicted molar refractivity (Wildman–Crippen MR) is 81.6 cm³/mol.